The van der Waals surface area contributed by atoms with Crippen LogP contribution < -0.4 is 0 Å². The van der Waals surface area contributed by atoms with Gasteiger partial charge in [-0.1, -0.05) is 19.1 Å². The Balaban J connectivity index is 2.03. The van der Waals surface area contributed by atoms with E-state index >= 15 is 0 Å². The second-order valence-electron chi connectivity index (χ2n) is 6.61. The first-order valence-electron chi connectivity index (χ1n) is 8.82. The zero-order chi connectivity index (χ0) is 19.6. The zero-order valence-electron chi connectivity index (χ0n) is 15.5. The van der Waals surface area contributed by atoms with Crippen LogP contribution in [0.4, 0.5) is 13.2 Å². The molecular weight excluding hydrogens is 353 g/mol. The van der Waals surface area contributed by atoms with E-state index in [0.29, 0.717) is 29.5 Å². The molecule has 0 aliphatic rings. The molecule has 3 rings (SSSR count). The van der Waals surface area contributed by atoms with E-state index in [2.05, 4.69) is 40.6 Å². The van der Waals surface area contributed by atoms with E-state index in [9.17, 15) is 13.2 Å². The number of rotatable bonds is 5. The van der Waals surface area contributed by atoms with Gasteiger partial charge in [0.25, 0.3) is 0 Å². The van der Waals surface area contributed by atoms with Gasteiger partial charge in [0.15, 0.2) is 0 Å². The van der Waals surface area contributed by atoms with Gasteiger partial charge in [-0.15, -0.1) is 0 Å². The fourth-order valence-corrected chi connectivity index (χ4v) is 2.99. The fourth-order valence-electron chi connectivity index (χ4n) is 2.99. The van der Waals surface area contributed by atoms with Crippen LogP contribution >= 0.6 is 0 Å². The largest absolute Gasteiger partial charge is 0.418 e. The molecule has 27 heavy (non-hydrogen) atoms. The predicted molar refractivity (Wildman–Crippen MR) is 99.0 cm³/mol. The summed E-state index contributed by atoms with van der Waals surface area (Å²) in [7, 11) is 0. The minimum atomic E-state index is -4.46. The van der Waals surface area contributed by atoms with Crippen molar-refractivity contribution in [1.29, 1.82) is 0 Å². The van der Waals surface area contributed by atoms with Crippen LogP contribution in [-0.2, 0) is 12.7 Å². The van der Waals surface area contributed by atoms with Gasteiger partial charge in [-0.05, 0) is 38.6 Å². The lowest BCUT2D eigenvalue weighted by Crippen LogP contribution is -2.30. The first-order valence-corrected chi connectivity index (χ1v) is 8.82. The van der Waals surface area contributed by atoms with Gasteiger partial charge >= 0.3 is 6.18 Å². The van der Waals surface area contributed by atoms with Crippen LogP contribution in [0.3, 0.4) is 0 Å². The Morgan fingerprint density at radius 3 is 2.56 bits per heavy atom. The molecule has 0 fully saturated rings. The molecule has 0 spiro atoms. The van der Waals surface area contributed by atoms with Crippen LogP contribution in [-0.4, -0.2) is 32.4 Å². The molecule has 0 atom stereocenters. The molecule has 0 saturated carbocycles. The minimum absolute atomic E-state index is 0.0931. The molecule has 0 amide bonds. The normalized spacial score (nSPS) is 12.3. The first kappa shape index (κ1) is 19.2. The van der Waals surface area contributed by atoms with Crippen molar-refractivity contribution in [2.45, 2.75) is 39.5 Å². The molecular formula is C20H21F3N4. The van der Waals surface area contributed by atoms with E-state index in [-0.39, 0.29) is 5.69 Å². The molecule has 2 aromatic heterocycles. The Hall–Kier alpha value is -2.54. The molecule has 4 nitrogen and oxygen atoms in total. The highest BCUT2D eigenvalue weighted by Crippen LogP contribution is 2.36. The lowest BCUT2D eigenvalue weighted by atomic mass is 10.0. The average Bonchev–Trinajstić information content (AvgIpc) is 2.64. The zero-order valence-corrected chi connectivity index (χ0v) is 15.5. The molecule has 0 aliphatic carbocycles. The van der Waals surface area contributed by atoms with Crippen molar-refractivity contribution in [2.75, 3.05) is 6.54 Å². The molecule has 0 saturated heterocycles. The number of benzene rings is 1. The number of hydrogen-bond acceptors (Lipinski definition) is 4. The lowest BCUT2D eigenvalue weighted by Gasteiger charge is -2.23. The Labute approximate surface area is 156 Å². The molecule has 142 valence electrons. The van der Waals surface area contributed by atoms with E-state index in [1.165, 1.54) is 12.3 Å². The standard InChI is InChI=1S/C20H21F3N4/c1-4-27(13(2)3)12-18-25-11-15-8-7-14(10-17(15)26-18)19-16(20(21,22)23)6-5-9-24-19/h5-11,13H,4,12H2,1-3H3. The summed E-state index contributed by atoms with van der Waals surface area (Å²) in [5.41, 5.74) is 0.146. The van der Waals surface area contributed by atoms with Crippen molar-refractivity contribution in [1.82, 2.24) is 19.9 Å². The average molecular weight is 374 g/mol. The van der Waals surface area contributed by atoms with Crippen LogP contribution in [0.25, 0.3) is 22.2 Å². The Bertz CT molecular complexity index is 938. The molecule has 7 heteroatoms. The molecule has 0 bridgehead atoms. The van der Waals surface area contributed by atoms with Gasteiger partial charge in [-0.25, -0.2) is 9.97 Å². The number of nitrogens with zero attached hydrogens (tertiary/aromatic N) is 4. The summed E-state index contributed by atoms with van der Waals surface area (Å²) in [4.78, 5) is 15.1. The third-order valence-electron chi connectivity index (χ3n) is 4.50. The van der Waals surface area contributed by atoms with Crippen LogP contribution in [0.1, 0.15) is 32.2 Å². The number of halogens is 3. The summed E-state index contributed by atoms with van der Waals surface area (Å²) in [6.45, 7) is 7.72. The van der Waals surface area contributed by atoms with Crippen LogP contribution in [0.5, 0.6) is 0 Å². The highest BCUT2D eigenvalue weighted by atomic mass is 19.4. The molecule has 0 aliphatic heterocycles. The summed E-state index contributed by atoms with van der Waals surface area (Å²) < 4.78 is 39.9. The summed E-state index contributed by atoms with van der Waals surface area (Å²) in [6.07, 6.45) is -1.39. The highest BCUT2D eigenvalue weighted by molar-refractivity contribution is 5.83. The molecule has 0 N–H and O–H groups in total. The van der Waals surface area contributed by atoms with E-state index in [0.717, 1.165) is 18.0 Å². The van der Waals surface area contributed by atoms with Crippen molar-refractivity contribution in [3.05, 3.63) is 54.1 Å². The van der Waals surface area contributed by atoms with Gasteiger partial charge in [0, 0.05) is 29.4 Å². The van der Waals surface area contributed by atoms with Crippen LogP contribution in [0, 0.1) is 0 Å². The molecule has 3 aromatic rings. The third kappa shape index (κ3) is 4.24. The van der Waals surface area contributed by atoms with Gasteiger partial charge in [0.2, 0.25) is 0 Å². The third-order valence-corrected chi connectivity index (χ3v) is 4.50. The molecule has 1 aromatic carbocycles. The summed E-state index contributed by atoms with van der Waals surface area (Å²) in [6, 6.07) is 7.67. The Morgan fingerprint density at radius 1 is 1.11 bits per heavy atom. The fraction of sp³-hybridized carbons (Fsp3) is 0.350. The summed E-state index contributed by atoms with van der Waals surface area (Å²) in [5.74, 6) is 0.646. The van der Waals surface area contributed by atoms with Crippen molar-refractivity contribution < 1.29 is 13.2 Å². The van der Waals surface area contributed by atoms with E-state index in [1.54, 1.807) is 24.4 Å². The second kappa shape index (κ2) is 7.60. The number of pyridine rings is 1. The maximum absolute atomic E-state index is 13.3. The SMILES string of the molecule is CCN(Cc1ncc2ccc(-c3ncccc3C(F)(F)F)cc2n1)C(C)C. The number of aromatic nitrogens is 3. The van der Waals surface area contributed by atoms with Crippen molar-refractivity contribution in [2.24, 2.45) is 0 Å². The van der Waals surface area contributed by atoms with E-state index in [1.807, 2.05) is 0 Å². The highest BCUT2D eigenvalue weighted by Gasteiger charge is 2.34. The topological polar surface area (TPSA) is 41.9 Å². The number of hydrogen-bond donors (Lipinski definition) is 0. The monoisotopic (exact) mass is 374 g/mol. The Morgan fingerprint density at radius 2 is 1.89 bits per heavy atom. The number of alkyl halides is 3. The van der Waals surface area contributed by atoms with E-state index in [4.69, 9.17) is 0 Å². The second-order valence-corrected chi connectivity index (χ2v) is 6.61. The maximum Gasteiger partial charge on any atom is 0.418 e. The quantitative estimate of drug-likeness (QED) is 0.634. The van der Waals surface area contributed by atoms with Crippen LogP contribution in [0.2, 0.25) is 0 Å². The van der Waals surface area contributed by atoms with Crippen molar-refractivity contribution in [3.8, 4) is 11.3 Å². The van der Waals surface area contributed by atoms with Crippen LogP contribution in [0.15, 0.2) is 42.7 Å². The summed E-state index contributed by atoms with van der Waals surface area (Å²) >= 11 is 0. The van der Waals surface area contributed by atoms with Gasteiger partial charge < -0.3 is 0 Å². The molecule has 0 unspecified atom stereocenters. The van der Waals surface area contributed by atoms with Crippen molar-refractivity contribution >= 4 is 10.9 Å². The van der Waals surface area contributed by atoms with Crippen molar-refractivity contribution in [3.63, 3.8) is 0 Å². The first-order chi connectivity index (χ1) is 12.8. The van der Waals surface area contributed by atoms with Gasteiger partial charge in [0.05, 0.1) is 23.3 Å². The maximum atomic E-state index is 13.3. The lowest BCUT2D eigenvalue weighted by molar-refractivity contribution is -0.137. The molecule has 0 radical (unpaired) electrons. The van der Waals surface area contributed by atoms with Gasteiger partial charge in [-0.3, -0.25) is 9.88 Å². The smallest absolute Gasteiger partial charge is 0.294 e. The van der Waals surface area contributed by atoms with E-state index < -0.39 is 11.7 Å². The predicted octanol–water partition coefficient (Wildman–Crippen LogP) is 4.94. The minimum Gasteiger partial charge on any atom is -0.294 e. The molecule has 2 heterocycles. The van der Waals surface area contributed by atoms with Gasteiger partial charge in [-0.2, -0.15) is 13.2 Å². The number of fused-ring (bicyclic) bond motifs is 1. The summed E-state index contributed by atoms with van der Waals surface area (Å²) in [5, 5.41) is 0.777. The Kier molecular flexibility index (Phi) is 5.41. The van der Waals surface area contributed by atoms with Gasteiger partial charge in [0.1, 0.15) is 5.82 Å².